The Kier molecular flexibility index (Phi) is 12.5. The van der Waals surface area contributed by atoms with Crippen molar-refractivity contribution in [2.24, 2.45) is 5.11 Å². The molecule has 1 aromatic carbocycles. The number of thiazole rings is 1. The van der Waals surface area contributed by atoms with E-state index >= 15 is 0 Å². The van der Waals surface area contributed by atoms with Crippen LogP contribution in [-0.4, -0.2) is 13.2 Å². The molecule has 6 heteroatoms. The third-order valence-electron chi connectivity index (χ3n) is 5.70. The Morgan fingerprint density at radius 1 is 0.903 bits per heavy atom. The largest absolute Gasteiger partial charge is 0.491 e. The molecule has 0 aliphatic heterocycles. The third-order valence-corrected chi connectivity index (χ3v) is 6.81. The standard InChI is InChI=1S/C25H42N4OS/c1-4-7-10-13-16-27-25-29(17-14-11-8-5-2)22-20-23(30-18-15-12-9-6-3)21(28-26)19-24(22)31-25/h19-20,26H,4-18H2,1-3H3/p+1. The number of nitrogens with zero attached hydrogens (tertiary/aromatic N) is 2. The van der Waals surface area contributed by atoms with Crippen molar-refractivity contribution in [1.82, 2.24) is 0 Å². The molecule has 1 heterocycles. The summed E-state index contributed by atoms with van der Waals surface area (Å²) in [6.45, 7) is 9.45. The van der Waals surface area contributed by atoms with E-state index in [0.29, 0.717) is 12.3 Å². The number of aryl methyl sites for hydroxylation is 1. The lowest BCUT2D eigenvalue weighted by Gasteiger charge is -2.09. The summed E-state index contributed by atoms with van der Waals surface area (Å²) >= 11 is 1.78. The van der Waals surface area contributed by atoms with Gasteiger partial charge in [-0.3, -0.25) is 5.32 Å². The zero-order valence-corrected chi connectivity index (χ0v) is 20.8. The normalized spacial score (nSPS) is 11.2. The van der Waals surface area contributed by atoms with Crippen LogP contribution < -0.4 is 14.6 Å². The topological polar surface area (TPSA) is 61.4 Å². The molecule has 0 unspecified atom stereocenters. The highest BCUT2D eigenvalue weighted by molar-refractivity contribution is 7.21. The first-order chi connectivity index (χ1) is 15.2. The van der Waals surface area contributed by atoms with E-state index in [9.17, 15) is 0 Å². The first-order valence-corrected chi connectivity index (χ1v) is 13.3. The van der Waals surface area contributed by atoms with E-state index in [4.69, 9.17) is 10.3 Å². The molecule has 0 saturated heterocycles. The summed E-state index contributed by atoms with van der Waals surface area (Å²) in [5, 5.41) is 8.67. The Hall–Kier alpha value is -1.69. The Morgan fingerprint density at radius 3 is 2.26 bits per heavy atom. The summed E-state index contributed by atoms with van der Waals surface area (Å²) in [7, 11) is 0. The van der Waals surface area contributed by atoms with Gasteiger partial charge in [0.2, 0.25) is 0 Å². The molecule has 31 heavy (non-hydrogen) atoms. The minimum Gasteiger partial charge on any atom is -0.491 e. The number of ether oxygens (including phenoxy) is 1. The van der Waals surface area contributed by atoms with Gasteiger partial charge in [-0.2, -0.15) is 5.11 Å². The number of fused-ring (bicyclic) bond motifs is 1. The maximum Gasteiger partial charge on any atom is 0.334 e. The van der Waals surface area contributed by atoms with Crippen LogP contribution in [0.25, 0.3) is 10.2 Å². The average Bonchev–Trinajstić information content (AvgIpc) is 3.12. The first-order valence-electron chi connectivity index (χ1n) is 12.5. The van der Waals surface area contributed by atoms with Gasteiger partial charge >= 0.3 is 5.13 Å². The van der Waals surface area contributed by atoms with Crippen molar-refractivity contribution in [2.75, 3.05) is 18.5 Å². The Labute approximate surface area is 193 Å². The minimum absolute atomic E-state index is 0.636. The molecular weight excluding hydrogens is 404 g/mol. The maximum absolute atomic E-state index is 7.63. The lowest BCUT2D eigenvalue weighted by molar-refractivity contribution is -0.654. The molecule has 0 bridgehead atoms. The molecule has 0 saturated carbocycles. The molecule has 1 aromatic heterocycles. The summed E-state index contributed by atoms with van der Waals surface area (Å²) in [5.74, 6) is 0.744. The van der Waals surface area contributed by atoms with Gasteiger partial charge in [-0.15, -0.1) is 0 Å². The molecule has 0 radical (unpaired) electrons. The van der Waals surface area contributed by atoms with Crippen LogP contribution >= 0.6 is 11.3 Å². The second-order valence-corrected chi connectivity index (χ2v) is 9.45. The minimum atomic E-state index is 0.636. The maximum atomic E-state index is 7.63. The number of nitrogens with one attached hydrogen (secondary N) is 2. The van der Waals surface area contributed by atoms with E-state index < -0.39 is 0 Å². The van der Waals surface area contributed by atoms with Crippen molar-refractivity contribution in [3.05, 3.63) is 12.1 Å². The molecule has 2 rings (SSSR count). The third kappa shape index (κ3) is 8.40. The smallest absolute Gasteiger partial charge is 0.334 e. The second kappa shape index (κ2) is 15.2. The predicted octanol–water partition coefficient (Wildman–Crippen LogP) is 8.38. The molecule has 0 aliphatic rings. The lowest BCUT2D eigenvalue weighted by Crippen LogP contribution is -2.35. The Bertz CT molecular complexity index is 774. The summed E-state index contributed by atoms with van der Waals surface area (Å²) in [4.78, 5) is 0. The molecule has 5 nitrogen and oxygen atoms in total. The fraction of sp³-hybridized carbons (Fsp3) is 0.720. The zero-order chi connectivity index (χ0) is 22.3. The molecule has 0 aliphatic carbocycles. The monoisotopic (exact) mass is 447 g/mol. The van der Waals surface area contributed by atoms with Crippen LogP contribution in [0.4, 0.5) is 10.8 Å². The van der Waals surface area contributed by atoms with Crippen LogP contribution in [0.15, 0.2) is 17.2 Å². The SMILES string of the molecule is CCCCCCNc1sc2cc(N=N)c(OCCCCCC)cc2[n+]1CCCCCC. The number of unbranched alkanes of at least 4 members (excludes halogenated alkanes) is 9. The van der Waals surface area contributed by atoms with Crippen LogP contribution in [0.2, 0.25) is 0 Å². The van der Waals surface area contributed by atoms with Gasteiger partial charge < -0.3 is 4.74 Å². The zero-order valence-electron chi connectivity index (χ0n) is 20.0. The van der Waals surface area contributed by atoms with E-state index in [1.807, 2.05) is 6.07 Å². The Balaban J connectivity index is 2.19. The van der Waals surface area contributed by atoms with Crippen LogP contribution in [0, 0.1) is 5.53 Å². The van der Waals surface area contributed by atoms with E-state index in [1.165, 1.54) is 86.0 Å². The van der Waals surface area contributed by atoms with E-state index in [-0.39, 0.29) is 0 Å². The first kappa shape index (κ1) is 25.6. The quantitative estimate of drug-likeness (QED) is 0.137. The summed E-state index contributed by atoms with van der Waals surface area (Å²) in [6.07, 6.45) is 14.7. The highest BCUT2D eigenvalue weighted by atomic mass is 32.1. The van der Waals surface area contributed by atoms with E-state index in [0.717, 1.165) is 25.3 Å². The molecule has 2 aromatic rings. The number of rotatable bonds is 18. The van der Waals surface area contributed by atoms with Gasteiger partial charge in [0.1, 0.15) is 11.2 Å². The number of anilines is 1. The van der Waals surface area contributed by atoms with Gasteiger partial charge in [0, 0.05) is 6.07 Å². The lowest BCUT2D eigenvalue weighted by atomic mass is 10.2. The van der Waals surface area contributed by atoms with Gasteiger partial charge in [0.05, 0.1) is 24.4 Å². The molecule has 0 spiro atoms. The van der Waals surface area contributed by atoms with Crippen molar-refractivity contribution >= 4 is 32.4 Å². The fourth-order valence-corrected chi connectivity index (χ4v) is 4.94. The van der Waals surface area contributed by atoms with Gasteiger partial charge in [-0.05, 0) is 49.5 Å². The summed E-state index contributed by atoms with van der Waals surface area (Å²) < 4.78 is 9.67. The van der Waals surface area contributed by atoms with E-state index in [2.05, 4.69) is 41.8 Å². The fourth-order valence-electron chi connectivity index (χ4n) is 3.81. The number of aromatic nitrogens is 1. The molecule has 174 valence electrons. The molecular formula is C25H43N4OS+. The van der Waals surface area contributed by atoms with Gasteiger partial charge in [0.25, 0.3) is 0 Å². The van der Waals surface area contributed by atoms with Gasteiger partial charge in [0.15, 0.2) is 5.75 Å². The van der Waals surface area contributed by atoms with Crippen molar-refractivity contribution in [2.45, 2.75) is 104 Å². The summed E-state index contributed by atoms with van der Waals surface area (Å²) in [5.41, 5.74) is 9.46. The van der Waals surface area contributed by atoms with Crippen molar-refractivity contribution in [1.29, 1.82) is 5.53 Å². The average molecular weight is 448 g/mol. The molecule has 2 N–H and O–H groups in total. The summed E-state index contributed by atoms with van der Waals surface area (Å²) in [6, 6.07) is 4.14. The predicted molar refractivity (Wildman–Crippen MR) is 133 cm³/mol. The van der Waals surface area contributed by atoms with Crippen molar-refractivity contribution < 1.29 is 9.30 Å². The number of hydrogen-bond donors (Lipinski definition) is 2. The van der Waals surface area contributed by atoms with Gasteiger partial charge in [-0.1, -0.05) is 65.7 Å². The Morgan fingerprint density at radius 2 is 1.58 bits per heavy atom. The van der Waals surface area contributed by atoms with Crippen LogP contribution in [0.5, 0.6) is 5.75 Å². The molecule has 0 amide bonds. The van der Waals surface area contributed by atoms with Crippen LogP contribution in [-0.2, 0) is 6.54 Å². The van der Waals surface area contributed by atoms with Crippen LogP contribution in [0.3, 0.4) is 0 Å². The van der Waals surface area contributed by atoms with Crippen molar-refractivity contribution in [3.63, 3.8) is 0 Å². The van der Waals surface area contributed by atoms with Gasteiger partial charge in [-0.25, -0.2) is 10.1 Å². The second-order valence-electron chi connectivity index (χ2n) is 8.42. The number of benzene rings is 1. The number of hydrogen-bond acceptors (Lipinski definition) is 5. The molecule has 0 fully saturated rings. The van der Waals surface area contributed by atoms with E-state index in [1.54, 1.807) is 11.3 Å². The van der Waals surface area contributed by atoms with Crippen molar-refractivity contribution in [3.8, 4) is 5.75 Å². The van der Waals surface area contributed by atoms with Crippen LogP contribution in [0.1, 0.15) is 97.8 Å². The molecule has 0 atom stereocenters. The highest BCUT2D eigenvalue weighted by Crippen LogP contribution is 2.36. The highest BCUT2D eigenvalue weighted by Gasteiger charge is 2.20.